The summed E-state index contributed by atoms with van der Waals surface area (Å²) in [6.07, 6.45) is 0.743. The molecule has 2 rings (SSSR count). The lowest BCUT2D eigenvalue weighted by atomic mass is 10.0. The first-order chi connectivity index (χ1) is 9.52. The van der Waals surface area contributed by atoms with Crippen molar-refractivity contribution in [3.05, 3.63) is 46.1 Å². The summed E-state index contributed by atoms with van der Waals surface area (Å²) in [7, 11) is 1.63. The Morgan fingerprint density at radius 2 is 2.30 bits per heavy atom. The molecule has 0 bridgehead atoms. The SMILES string of the molecule is CCC(N)C(Sc1n[nH]c(=O)n1C)c1cccc(F)c1. The zero-order valence-electron chi connectivity index (χ0n) is 11.3. The van der Waals surface area contributed by atoms with Crippen molar-refractivity contribution in [3.63, 3.8) is 0 Å². The van der Waals surface area contributed by atoms with Crippen LogP contribution in [0.3, 0.4) is 0 Å². The van der Waals surface area contributed by atoms with Crippen LogP contribution in [0.4, 0.5) is 4.39 Å². The lowest BCUT2D eigenvalue weighted by molar-refractivity contribution is 0.608. The maximum absolute atomic E-state index is 13.4. The predicted molar refractivity (Wildman–Crippen MR) is 77.1 cm³/mol. The Morgan fingerprint density at radius 3 is 2.85 bits per heavy atom. The lowest BCUT2D eigenvalue weighted by Crippen LogP contribution is -2.26. The molecule has 0 aliphatic heterocycles. The minimum absolute atomic E-state index is 0.159. The fourth-order valence-electron chi connectivity index (χ4n) is 1.85. The van der Waals surface area contributed by atoms with Crippen molar-refractivity contribution in [2.75, 3.05) is 0 Å². The molecule has 0 amide bonds. The summed E-state index contributed by atoms with van der Waals surface area (Å²) < 4.78 is 14.8. The highest BCUT2D eigenvalue weighted by molar-refractivity contribution is 7.99. The van der Waals surface area contributed by atoms with E-state index >= 15 is 0 Å². The van der Waals surface area contributed by atoms with Gasteiger partial charge < -0.3 is 5.73 Å². The van der Waals surface area contributed by atoms with Gasteiger partial charge in [-0.1, -0.05) is 30.8 Å². The quantitative estimate of drug-likeness (QED) is 0.825. The van der Waals surface area contributed by atoms with Crippen LogP contribution in [0, 0.1) is 5.82 Å². The topological polar surface area (TPSA) is 76.7 Å². The third-order valence-electron chi connectivity index (χ3n) is 3.11. The fraction of sp³-hybridized carbons (Fsp3) is 0.385. The van der Waals surface area contributed by atoms with Crippen molar-refractivity contribution in [3.8, 4) is 0 Å². The van der Waals surface area contributed by atoms with Crippen molar-refractivity contribution in [2.24, 2.45) is 12.8 Å². The van der Waals surface area contributed by atoms with Crippen LogP contribution in [0.1, 0.15) is 24.2 Å². The maximum atomic E-state index is 13.4. The van der Waals surface area contributed by atoms with Gasteiger partial charge >= 0.3 is 5.69 Å². The third kappa shape index (κ3) is 3.10. The van der Waals surface area contributed by atoms with Crippen molar-refractivity contribution >= 4 is 11.8 Å². The van der Waals surface area contributed by atoms with Crippen LogP contribution in [0.15, 0.2) is 34.2 Å². The van der Waals surface area contributed by atoms with Crippen LogP contribution in [0.2, 0.25) is 0 Å². The number of aromatic amines is 1. The average Bonchev–Trinajstić information content (AvgIpc) is 2.75. The average molecular weight is 296 g/mol. The molecule has 3 N–H and O–H groups in total. The van der Waals surface area contributed by atoms with Crippen LogP contribution < -0.4 is 11.4 Å². The highest BCUT2D eigenvalue weighted by atomic mass is 32.2. The van der Waals surface area contributed by atoms with Crippen LogP contribution in [-0.4, -0.2) is 20.8 Å². The van der Waals surface area contributed by atoms with Crippen molar-refractivity contribution in [1.82, 2.24) is 14.8 Å². The molecule has 0 saturated heterocycles. The molecule has 5 nitrogen and oxygen atoms in total. The van der Waals surface area contributed by atoms with Crippen LogP contribution >= 0.6 is 11.8 Å². The molecule has 0 radical (unpaired) electrons. The Balaban J connectivity index is 2.33. The van der Waals surface area contributed by atoms with E-state index in [1.54, 1.807) is 13.1 Å². The first-order valence-corrected chi connectivity index (χ1v) is 7.20. The van der Waals surface area contributed by atoms with Crippen LogP contribution in [0.25, 0.3) is 0 Å². The van der Waals surface area contributed by atoms with Gasteiger partial charge in [-0.3, -0.25) is 4.57 Å². The molecule has 0 saturated carbocycles. The second-order valence-corrected chi connectivity index (χ2v) is 5.64. The summed E-state index contributed by atoms with van der Waals surface area (Å²) in [6, 6.07) is 6.20. The van der Waals surface area contributed by atoms with Gasteiger partial charge in [0.05, 0.1) is 5.25 Å². The van der Waals surface area contributed by atoms with Gasteiger partial charge in [-0.15, -0.1) is 5.10 Å². The third-order valence-corrected chi connectivity index (χ3v) is 4.56. The number of aromatic nitrogens is 3. The molecule has 0 aliphatic rings. The maximum Gasteiger partial charge on any atom is 0.343 e. The Kier molecular flexibility index (Phi) is 4.61. The summed E-state index contributed by atoms with van der Waals surface area (Å²) in [4.78, 5) is 11.4. The molecule has 0 fully saturated rings. The molecular formula is C13H17FN4OS. The Hall–Kier alpha value is -1.60. The number of thioether (sulfide) groups is 1. The molecule has 108 valence electrons. The van der Waals surface area contributed by atoms with E-state index in [2.05, 4.69) is 10.2 Å². The first-order valence-electron chi connectivity index (χ1n) is 6.32. The van der Waals surface area contributed by atoms with Crippen molar-refractivity contribution in [2.45, 2.75) is 29.8 Å². The molecule has 1 aromatic heterocycles. The van der Waals surface area contributed by atoms with Gasteiger partial charge in [0.2, 0.25) is 0 Å². The van der Waals surface area contributed by atoms with Gasteiger partial charge in [0.15, 0.2) is 5.16 Å². The zero-order chi connectivity index (χ0) is 14.7. The first kappa shape index (κ1) is 14.8. The number of nitrogens with zero attached hydrogens (tertiary/aromatic N) is 2. The number of hydrogen-bond acceptors (Lipinski definition) is 4. The molecule has 2 unspecified atom stereocenters. The molecule has 7 heteroatoms. The van der Waals surface area contributed by atoms with Gasteiger partial charge in [-0.05, 0) is 24.1 Å². The number of nitrogens with two attached hydrogens (primary N) is 1. The van der Waals surface area contributed by atoms with Gasteiger partial charge in [0.1, 0.15) is 5.82 Å². The van der Waals surface area contributed by atoms with E-state index in [1.165, 1.54) is 28.5 Å². The molecule has 1 heterocycles. The number of nitrogens with one attached hydrogen (secondary N) is 1. The number of benzene rings is 1. The normalized spacial score (nSPS) is 14.2. The minimum atomic E-state index is -0.299. The summed E-state index contributed by atoms with van der Waals surface area (Å²) in [6.45, 7) is 1.97. The number of H-pyrrole nitrogens is 1. The minimum Gasteiger partial charge on any atom is -0.326 e. The van der Waals surface area contributed by atoms with Crippen molar-refractivity contribution < 1.29 is 4.39 Å². The predicted octanol–water partition coefficient (Wildman–Crippen LogP) is 1.82. The van der Waals surface area contributed by atoms with E-state index in [-0.39, 0.29) is 22.8 Å². The second kappa shape index (κ2) is 6.23. The summed E-state index contributed by atoms with van der Waals surface area (Å²) in [5.41, 5.74) is 6.64. The van der Waals surface area contributed by atoms with E-state index in [4.69, 9.17) is 5.73 Å². The smallest absolute Gasteiger partial charge is 0.326 e. The van der Waals surface area contributed by atoms with Crippen LogP contribution in [-0.2, 0) is 7.05 Å². The summed E-state index contributed by atoms with van der Waals surface area (Å²) >= 11 is 1.36. The molecular weight excluding hydrogens is 279 g/mol. The highest BCUT2D eigenvalue weighted by Gasteiger charge is 2.23. The number of hydrogen-bond donors (Lipinski definition) is 2. The lowest BCUT2D eigenvalue weighted by Gasteiger charge is -2.22. The van der Waals surface area contributed by atoms with E-state index in [9.17, 15) is 9.18 Å². The Morgan fingerprint density at radius 1 is 1.55 bits per heavy atom. The van der Waals surface area contributed by atoms with Gasteiger partial charge in [-0.2, -0.15) is 0 Å². The van der Waals surface area contributed by atoms with Gasteiger partial charge in [0.25, 0.3) is 0 Å². The van der Waals surface area contributed by atoms with Gasteiger partial charge in [0, 0.05) is 13.1 Å². The summed E-state index contributed by atoms with van der Waals surface area (Å²) in [5.74, 6) is -0.299. The van der Waals surface area contributed by atoms with E-state index in [1.807, 2.05) is 13.0 Å². The zero-order valence-corrected chi connectivity index (χ0v) is 12.2. The monoisotopic (exact) mass is 296 g/mol. The van der Waals surface area contributed by atoms with E-state index < -0.39 is 0 Å². The number of rotatable bonds is 5. The largest absolute Gasteiger partial charge is 0.343 e. The second-order valence-electron chi connectivity index (χ2n) is 4.54. The molecule has 0 spiro atoms. The van der Waals surface area contributed by atoms with Gasteiger partial charge in [-0.25, -0.2) is 14.3 Å². The summed E-state index contributed by atoms with van der Waals surface area (Å²) in [5, 5.41) is 6.72. The Labute approximate surface area is 120 Å². The number of halogens is 1. The molecule has 20 heavy (non-hydrogen) atoms. The fourth-order valence-corrected chi connectivity index (χ4v) is 3.07. The standard InChI is InChI=1S/C13H17FN4OS/c1-3-10(15)11(8-5-4-6-9(14)7-8)20-13-17-16-12(19)18(13)2/h4-7,10-11H,3,15H2,1-2H3,(H,16,19). The molecule has 1 aromatic carbocycles. The molecule has 0 aliphatic carbocycles. The van der Waals surface area contributed by atoms with E-state index in [0.717, 1.165) is 12.0 Å². The molecule has 2 atom stereocenters. The highest BCUT2D eigenvalue weighted by Crippen LogP contribution is 2.36. The molecule has 2 aromatic rings. The van der Waals surface area contributed by atoms with Crippen molar-refractivity contribution in [1.29, 1.82) is 0 Å². The Bertz CT molecular complexity index is 639. The van der Waals surface area contributed by atoms with E-state index in [0.29, 0.717) is 5.16 Å². The van der Waals surface area contributed by atoms with Crippen LogP contribution in [0.5, 0.6) is 0 Å².